The second-order valence-electron chi connectivity index (χ2n) is 5.67. The van der Waals surface area contributed by atoms with Crippen molar-refractivity contribution in [3.8, 4) is 5.69 Å². The number of carbonyl (C=O) groups excluding carboxylic acids is 1. The summed E-state index contributed by atoms with van der Waals surface area (Å²) in [5.41, 5.74) is 1.75. The molecule has 10 heteroatoms. The second-order valence-corrected chi connectivity index (χ2v) is 5.67. The second kappa shape index (κ2) is 6.95. The fourth-order valence-electron chi connectivity index (χ4n) is 2.66. The molecule has 0 aliphatic carbocycles. The molecule has 2 aromatic carbocycles. The quantitative estimate of drug-likeness (QED) is 0.318. The van der Waals surface area contributed by atoms with Crippen molar-refractivity contribution in [2.75, 3.05) is 12.3 Å². The molecule has 2 N–H and O–H groups in total. The normalized spacial score (nSPS) is 11.1. The van der Waals surface area contributed by atoms with Gasteiger partial charge in [0.2, 0.25) is 5.43 Å². The van der Waals surface area contributed by atoms with E-state index in [1.54, 1.807) is 0 Å². The number of fused-ring (bicyclic) bond motifs is 1. The van der Waals surface area contributed by atoms with Crippen LogP contribution in [0.3, 0.4) is 0 Å². The predicted octanol–water partition coefficient (Wildman–Crippen LogP) is 3.45. The number of carbonyl (C=O) groups is 1. The smallest absolute Gasteiger partial charge is 0.343 e. The number of nitrogens with zero attached hydrogens (tertiary/aromatic N) is 1. The molecule has 5 nitrogen and oxygen atoms in total. The molecule has 1 aromatic heterocycles. The van der Waals surface area contributed by atoms with Crippen LogP contribution in [0.2, 0.25) is 0 Å². The lowest BCUT2D eigenvalue weighted by molar-refractivity contribution is 0.0524. The van der Waals surface area contributed by atoms with Crippen LogP contribution in [-0.4, -0.2) is 17.1 Å². The average molecular weight is 398 g/mol. The minimum Gasteiger partial charge on any atom is -0.462 e. The number of nitrogen functional groups attached to an aromatic ring is 1. The molecule has 0 saturated carbocycles. The van der Waals surface area contributed by atoms with Crippen molar-refractivity contribution in [2.45, 2.75) is 6.92 Å². The third-order valence-electron chi connectivity index (χ3n) is 3.96. The highest BCUT2D eigenvalue weighted by Crippen LogP contribution is 2.28. The standard InChI is InChI=1S/C18H11F5N2O3/c1-2-28-18(27)8-6-25(13-5-11(24)14(21)16(23)15(13)22)12-4-10(20)9(19)3-7(12)17(8)26/h3-6H,2,24H2,1H3. The maximum absolute atomic E-state index is 14.4. The summed E-state index contributed by atoms with van der Waals surface area (Å²) in [4.78, 5) is 24.6. The van der Waals surface area contributed by atoms with Crippen LogP contribution in [0.1, 0.15) is 17.3 Å². The topological polar surface area (TPSA) is 74.3 Å². The lowest BCUT2D eigenvalue weighted by Gasteiger charge is -2.15. The molecule has 1 heterocycles. The molecule has 3 rings (SSSR count). The van der Waals surface area contributed by atoms with E-state index in [0.29, 0.717) is 22.8 Å². The van der Waals surface area contributed by atoms with Crippen LogP contribution in [0, 0.1) is 29.1 Å². The van der Waals surface area contributed by atoms with Crippen LogP contribution in [0.15, 0.2) is 29.2 Å². The Hall–Kier alpha value is -3.43. The van der Waals surface area contributed by atoms with Gasteiger partial charge in [0.25, 0.3) is 0 Å². The van der Waals surface area contributed by atoms with Crippen molar-refractivity contribution in [3.05, 3.63) is 69.3 Å². The lowest BCUT2D eigenvalue weighted by atomic mass is 10.1. The number of esters is 1. The molecule has 0 saturated heterocycles. The molecule has 0 fully saturated rings. The summed E-state index contributed by atoms with van der Waals surface area (Å²) in [7, 11) is 0. The van der Waals surface area contributed by atoms with Gasteiger partial charge in [0.1, 0.15) is 5.56 Å². The molecule has 0 radical (unpaired) electrons. The lowest BCUT2D eigenvalue weighted by Crippen LogP contribution is -2.21. The highest BCUT2D eigenvalue weighted by Gasteiger charge is 2.23. The number of rotatable bonds is 3. The van der Waals surface area contributed by atoms with Crippen LogP contribution < -0.4 is 11.2 Å². The fraction of sp³-hybridized carbons (Fsp3) is 0.111. The van der Waals surface area contributed by atoms with E-state index >= 15 is 0 Å². The highest BCUT2D eigenvalue weighted by molar-refractivity contribution is 5.94. The maximum atomic E-state index is 14.4. The zero-order valence-electron chi connectivity index (χ0n) is 14.2. The zero-order valence-corrected chi connectivity index (χ0v) is 14.2. The van der Waals surface area contributed by atoms with Crippen LogP contribution >= 0.6 is 0 Å². The Labute approximate surface area is 153 Å². The van der Waals surface area contributed by atoms with Gasteiger partial charge in [-0.25, -0.2) is 26.7 Å². The first kappa shape index (κ1) is 19.3. The number of hydrogen-bond acceptors (Lipinski definition) is 4. The first-order valence-electron chi connectivity index (χ1n) is 7.82. The fourth-order valence-corrected chi connectivity index (χ4v) is 2.66. The molecule has 0 aliphatic heterocycles. The first-order chi connectivity index (χ1) is 13.2. The molecular formula is C18H11F5N2O3. The first-order valence-corrected chi connectivity index (χ1v) is 7.82. The largest absolute Gasteiger partial charge is 0.462 e. The van der Waals surface area contributed by atoms with Crippen LogP contribution in [-0.2, 0) is 4.74 Å². The van der Waals surface area contributed by atoms with E-state index in [0.717, 1.165) is 6.20 Å². The number of halogens is 5. The summed E-state index contributed by atoms with van der Waals surface area (Å²) in [6.07, 6.45) is 0.759. The van der Waals surface area contributed by atoms with Gasteiger partial charge in [0.15, 0.2) is 29.1 Å². The molecule has 0 unspecified atom stereocenters. The van der Waals surface area contributed by atoms with E-state index in [2.05, 4.69) is 0 Å². The minimum absolute atomic E-state index is 0.111. The summed E-state index contributed by atoms with van der Waals surface area (Å²) in [5, 5.41) is -0.507. The van der Waals surface area contributed by atoms with Crippen molar-refractivity contribution >= 4 is 22.6 Å². The van der Waals surface area contributed by atoms with Gasteiger partial charge < -0.3 is 15.0 Å². The number of aromatic nitrogens is 1. The van der Waals surface area contributed by atoms with Crippen LogP contribution in [0.5, 0.6) is 0 Å². The number of hydrogen-bond donors (Lipinski definition) is 1. The van der Waals surface area contributed by atoms with Gasteiger partial charge in [0, 0.05) is 12.3 Å². The van der Waals surface area contributed by atoms with Crippen molar-refractivity contribution < 1.29 is 31.5 Å². The van der Waals surface area contributed by atoms with E-state index in [4.69, 9.17) is 10.5 Å². The Bertz CT molecular complexity index is 1190. The van der Waals surface area contributed by atoms with Crippen molar-refractivity contribution in [2.24, 2.45) is 0 Å². The molecule has 3 aromatic rings. The summed E-state index contributed by atoms with van der Waals surface area (Å²) >= 11 is 0. The van der Waals surface area contributed by atoms with Gasteiger partial charge in [-0.05, 0) is 19.1 Å². The third kappa shape index (κ3) is 2.96. The molecule has 0 spiro atoms. The zero-order chi connectivity index (χ0) is 20.7. The van der Waals surface area contributed by atoms with Gasteiger partial charge in [-0.1, -0.05) is 0 Å². The van der Waals surface area contributed by atoms with Crippen molar-refractivity contribution in [1.82, 2.24) is 4.57 Å². The van der Waals surface area contributed by atoms with E-state index in [9.17, 15) is 31.5 Å². The monoisotopic (exact) mass is 398 g/mol. The summed E-state index contributed by atoms with van der Waals surface area (Å²) in [6.45, 7) is 1.35. The van der Waals surface area contributed by atoms with E-state index in [1.807, 2.05) is 0 Å². The summed E-state index contributed by atoms with van der Waals surface area (Å²) < 4.78 is 74.5. The van der Waals surface area contributed by atoms with E-state index in [-0.39, 0.29) is 6.61 Å². The Kier molecular flexibility index (Phi) is 4.80. The molecule has 146 valence electrons. The van der Waals surface area contributed by atoms with Gasteiger partial charge in [-0.2, -0.15) is 0 Å². The number of benzene rings is 2. The van der Waals surface area contributed by atoms with Crippen molar-refractivity contribution in [1.29, 1.82) is 0 Å². The summed E-state index contributed by atoms with van der Waals surface area (Å²) in [5.74, 6) is -9.18. The SMILES string of the molecule is CCOC(=O)c1cn(-c2cc(N)c(F)c(F)c2F)c2cc(F)c(F)cc2c1=O. The van der Waals surface area contributed by atoms with Gasteiger partial charge in [-0.3, -0.25) is 4.79 Å². The van der Waals surface area contributed by atoms with Gasteiger partial charge in [0.05, 0.1) is 28.9 Å². The molecule has 28 heavy (non-hydrogen) atoms. The van der Waals surface area contributed by atoms with Crippen LogP contribution in [0.4, 0.5) is 27.6 Å². The molecule has 0 amide bonds. The number of pyridine rings is 1. The summed E-state index contributed by atoms with van der Waals surface area (Å²) in [6, 6.07) is 1.75. The van der Waals surface area contributed by atoms with Crippen LogP contribution in [0.25, 0.3) is 16.6 Å². The van der Waals surface area contributed by atoms with Crippen molar-refractivity contribution in [3.63, 3.8) is 0 Å². The molecule has 0 atom stereocenters. The molecule has 0 aliphatic rings. The van der Waals surface area contributed by atoms with Gasteiger partial charge >= 0.3 is 5.97 Å². The Morgan fingerprint density at radius 1 is 1.04 bits per heavy atom. The molecular weight excluding hydrogens is 387 g/mol. The third-order valence-corrected chi connectivity index (χ3v) is 3.96. The average Bonchev–Trinajstić information content (AvgIpc) is 2.65. The molecule has 0 bridgehead atoms. The van der Waals surface area contributed by atoms with E-state index in [1.165, 1.54) is 6.92 Å². The number of anilines is 1. The number of nitrogens with two attached hydrogens (primary N) is 1. The maximum Gasteiger partial charge on any atom is 0.343 e. The Morgan fingerprint density at radius 3 is 2.32 bits per heavy atom. The highest BCUT2D eigenvalue weighted by atomic mass is 19.2. The van der Waals surface area contributed by atoms with Gasteiger partial charge in [-0.15, -0.1) is 0 Å². The Balaban J connectivity index is 2.49. The van der Waals surface area contributed by atoms with E-state index < -0.39 is 68.3 Å². The Morgan fingerprint density at radius 2 is 1.68 bits per heavy atom. The number of ether oxygens (including phenoxy) is 1. The minimum atomic E-state index is -1.91. The predicted molar refractivity (Wildman–Crippen MR) is 89.7 cm³/mol.